The summed E-state index contributed by atoms with van der Waals surface area (Å²) in [6.45, 7) is 5.66. The highest BCUT2D eigenvalue weighted by molar-refractivity contribution is 14.0. The van der Waals surface area contributed by atoms with Crippen LogP contribution in [0.4, 0.5) is 0 Å². The molecule has 0 unspecified atom stereocenters. The zero-order valence-electron chi connectivity index (χ0n) is 10.9. The molecule has 1 aromatic heterocycles. The van der Waals surface area contributed by atoms with Gasteiger partial charge in [0.1, 0.15) is 5.01 Å². The number of aromatic nitrogens is 1. The predicted octanol–water partition coefficient (Wildman–Crippen LogP) is 2.58. The minimum atomic E-state index is 0. The Labute approximate surface area is 129 Å². The predicted molar refractivity (Wildman–Crippen MR) is 87.7 cm³/mol. The molecular weight excluding hydrogens is 359 g/mol. The number of guanidine groups is 1. The van der Waals surface area contributed by atoms with Gasteiger partial charge in [0.05, 0.1) is 12.2 Å². The third-order valence-electron chi connectivity index (χ3n) is 3.25. The van der Waals surface area contributed by atoms with Crippen molar-refractivity contribution in [2.75, 3.05) is 6.54 Å². The minimum Gasteiger partial charge on any atom is -0.370 e. The van der Waals surface area contributed by atoms with Crippen LogP contribution in [0.25, 0.3) is 0 Å². The first kappa shape index (κ1) is 15.7. The van der Waals surface area contributed by atoms with Gasteiger partial charge in [-0.2, -0.15) is 0 Å². The molecule has 1 aromatic rings. The number of nitrogens with two attached hydrogens (primary N) is 1. The maximum Gasteiger partial charge on any atom is 0.189 e. The molecule has 0 radical (unpaired) electrons. The summed E-state index contributed by atoms with van der Waals surface area (Å²) in [4.78, 5) is 10.0. The van der Waals surface area contributed by atoms with E-state index >= 15 is 0 Å². The van der Waals surface area contributed by atoms with Gasteiger partial charge in [-0.15, -0.1) is 35.3 Å². The summed E-state index contributed by atoms with van der Waals surface area (Å²) >= 11 is 1.69. The summed E-state index contributed by atoms with van der Waals surface area (Å²) in [6.07, 6.45) is 4.01. The molecule has 4 nitrogen and oxygen atoms in total. The average molecular weight is 380 g/mol. The fourth-order valence-electron chi connectivity index (χ4n) is 1.76. The fraction of sp³-hybridized carbons (Fsp3) is 0.667. The van der Waals surface area contributed by atoms with Crippen LogP contribution in [0.15, 0.2) is 4.99 Å². The summed E-state index contributed by atoms with van der Waals surface area (Å²) < 4.78 is 0. The van der Waals surface area contributed by atoms with E-state index in [0.717, 1.165) is 23.2 Å². The summed E-state index contributed by atoms with van der Waals surface area (Å²) in [7, 11) is 0. The van der Waals surface area contributed by atoms with Crippen molar-refractivity contribution in [2.24, 2.45) is 16.6 Å². The first-order chi connectivity index (χ1) is 8.15. The Morgan fingerprint density at radius 3 is 2.72 bits per heavy atom. The van der Waals surface area contributed by atoms with Crippen molar-refractivity contribution in [3.05, 3.63) is 15.6 Å². The summed E-state index contributed by atoms with van der Waals surface area (Å²) in [5.41, 5.74) is 6.91. The minimum absolute atomic E-state index is 0. The molecule has 0 atom stereocenters. The molecule has 1 heterocycles. The Morgan fingerprint density at radius 1 is 1.50 bits per heavy atom. The fourth-order valence-corrected chi connectivity index (χ4v) is 2.62. The summed E-state index contributed by atoms with van der Waals surface area (Å²) in [5, 5.41) is 4.22. The largest absolute Gasteiger partial charge is 0.370 e. The van der Waals surface area contributed by atoms with Crippen LogP contribution in [-0.2, 0) is 6.54 Å². The highest BCUT2D eigenvalue weighted by Gasteiger charge is 2.16. The molecule has 0 aliphatic heterocycles. The molecule has 18 heavy (non-hydrogen) atoms. The van der Waals surface area contributed by atoms with E-state index in [9.17, 15) is 0 Å². The lowest BCUT2D eigenvalue weighted by atomic mass is 9.85. The molecular formula is C12H21IN4S. The normalized spacial score (nSPS) is 16.0. The first-order valence-corrected chi connectivity index (χ1v) is 6.93. The molecule has 1 aliphatic carbocycles. The molecule has 2 rings (SSSR count). The topological polar surface area (TPSA) is 63.3 Å². The van der Waals surface area contributed by atoms with Crippen LogP contribution in [0.5, 0.6) is 0 Å². The number of aliphatic imine (C=N–C) groups is 1. The van der Waals surface area contributed by atoms with Crippen molar-refractivity contribution in [1.29, 1.82) is 0 Å². The van der Waals surface area contributed by atoms with E-state index in [-0.39, 0.29) is 24.0 Å². The highest BCUT2D eigenvalue weighted by Crippen LogP contribution is 2.25. The second-order valence-electron chi connectivity index (χ2n) is 4.63. The Hall–Kier alpha value is -0.370. The van der Waals surface area contributed by atoms with Crippen LogP contribution in [0.1, 0.15) is 34.8 Å². The quantitative estimate of drug-likeness (QED) is 0.480. The Balaban J connectivity index is 0.00000162. The molecule has 1 aliphatic rings. The van der Waals surface area contributed by atoms with Gasteiger partial charge in [-0.1, -0.05) is 6.42 Å². The van der Waals surface area contributed by atoms with E-state index in [0.29, 0.717) is 12.5 Å². The van der Waals surface area contributed by atoms with E-state index in [4.69, 9.17) is 5.73 Å². The van der Waals surface area contributed by atoms with Crippen LogP contribution >= 0.6 is 35.3 Å². The monoisotopic (exact) mass is 380 g/mol. The van der Waals surface area contributed by atoms with Crippen molar-refractivity contribution in [1.82, 2.24) is 10.3 Å². The second-order valence-corrected chi connectivity index (χ2v) is 5.92. The van der Waals surface area contributed by atoms with E-state index in [1.165, 1.54) is 24.1 Å². The lowest BCUT2D eigenvalue weighted by Crippen LogP contribution is -2.37. The number of thiazole rings is 1. The SMILES string of the molecule is Cc1nc(CN=C(N)NCC2CCC2)sc1C.I. The molecule has 3 N–H and O–H groups in total. The Bertz CT molecular complexity index is 393. The van der Waals surface area contributed by atoms with Gasteiger partial charge in [-0.3, -0.25) is 0 Å². The smallest absolute Gasteiger partial charge is 0.189 e. The van der Waals surface area contributed by atoms with E-state index in [1.807, 2.05) is 6.92 Å². The highest BCUT2D eigenvalue weighted by atomic mass is 127. The summed E-state index contributed by atoms with van der Waals surface area (Å²) in [5.74, 6) is 1.34. The second kappa shape index (κ2) is 7.28. The molecule has 0 spiro atoms. The van der Waals surface area contributed by atoms with Gasteiger partial charge >= 0.3 is 0 Å². The van der Waals surface area contributed by atoms with Crippen LogP contribution in [0, 0.1) is 19.8 Å². The van der Waals surface area contributed by atoms with Gasteiger partial charge in [0, 0.05) is 11.4 Å². The molecule has 1 fully saturated rings. The van der Waals surface area contributed by atoms with Crippen molar-refractivity contribution >= 4 is 41.3 Å². The number of hydrogen-bond donors (Lipinski definition) is 2. The number of hydrogen-bond acceptors (Lipinski definition) is 3. The van der Waals surface area contributed by atoms with Crippen molar-refractivity contribution in [3.8, 4) is 0 Å². The third-order valence-corrected chi connectivity index (χ3v) is 4.31. The van der Waals surface area contributed by atoms with Crippen molar-refractivity contribution < 1.29 is 0 Å². The molecule has 0 amide bonds. The van der Waals surface area contributed by atoms with Gasteiger partial charge < -0.3 is 11.1 Å². The van der Waals surface area contributed by atoms with Crippen LogP contribution in [0.3, 0.4) is 0 Å². The zero-order chi connectivity index (χ0) is 12.3. The van der Waals surface area contributed by atoms with Crippen LogP contribution in [-0.4, -0.2) is 17.5 Å². The lowest BCUT2D eigenvalue weighted by molar-refractivity contribution is 0.315. The molecule has 0 bridgehead atoms. The Kier molecular flexibility index (Phi) is 6.34. The molecule has 1 saturated carbocycles. The van der Waals surface area contributed by atoms with Crippen molar-refractivity contribution in [2.45, 2.75) is 39.7 Å². The molecule has 102 valence electrons. The molecule has 6 heteroatoms. The maximum absolute atomic E-state index is 5.81. The van der Waals surface area contributed by atoms with Gasteiger partial charge in [0.2, 0.25) is 0 Å². The number of halogens is 1. The number of aryl methyl sites for hydroxylation is 2. The number of nitrogens with one attached hydrogen (secondary N) is 1. The average Bonchev–Trinajstić information content (AvgIpc) is 2.53. The van der Waals surface area contributed by atoms with E-state index in [2.05, 4.69) is 22.2 Å². The first-order valence-electron chi connectivity index (χ1n) is 6.12. The van der Waals surface area contributed by atoms with Crippen molar-refractivity contribution in [3.63, 3.8) is 0 Å². The molecule has 0 aromatic carbocycles. The zero-order valence-corrected chi connectivity index (χ0v) is 14.0. The third kappa shape index (κ3) is 4.38. The number of rotatable bonds is 4. The lowest BCUT2D eigenvalue weighted by Gasteiger charge is -2.25. The van der Waals surface area contributed by atoms with Gasteiger partial charge in [0.15, 0.2) is 5.96 Å². The van der Waals surface area contributed by atoms with E-state index in [1.54, 1.807) is 11.3 Å². The van der Waals surface area contributed by atoms with Gasteiger partial charge in [-0.05, 0) is 32.6 Å². The molecule has 0 saturated heterocycles. The van der Waals surface area contributed by atoms with Gasteiger partial charge in [0.25, 0.3) is 0 Å². The summed E-state index contributed by atoms with van der Waals surface area (Å²) in [6, 6.07) is 0. The van der Waals surface area contributed by atoms with E-state index < -0.39 is 0 Å². The van der Waals surface area contributed by atoms with Crippen LogP contribution < -0.4 is 11.1 Å². The van der Waals surface area contributed by atoms with Gasteiger partial charge in [-0.25, -0.2) is 9.98 Å². The Morgan fingerprint density at radius 2 is 2.22 bits per heavy atom. The number of nitrogens with zero attached hydrogens (tertiary/aromatic N) is 2. The van der Waals surface area contributed by atoms with Crippen LogP contribution in [0.2, 0.25) is 0 Å². The standard InChI is InChI=1S/C12H20N4S.HI/c1-8-9(2)17-11(16-8)7-15-12(13)14-6-10-4-3-5-10;/h10H,3-7H2,1-2H3,(H3,13,14,15);1H. The maximum atomic E-state index is 5.81.